The molecule has 1 aliphatic carbocycles. The molecule has 18 heavy (non-hydrogen) atoms. The van der Waals surface area contributed by atoms with Gasteiger partial charge in [-0.1, -0.05) is 18.0 Å². The van der Waals surface area contributed by atoms with E-state index in [1.807, 2.05) is 0 Å². The van der Waals surface area contributed by atoms with Crippen LogP contribution in [0.4, 0.5) is 0 Å². The summed E-state index contributed by atoms with van der Waals surface area (Å²) in [5.74, 6) is -0.311. The van der Waals surface area contributed by atoms with E-state index in [0.717, 1.165) is 19.3 Å². The van der Waals surface area contributed by atoms with Crippen molar-refractivity contribution in [3.8, 4) is 0 Å². The molecule has 0 bridgehead atoms. The molecule has 2 heterocycles. The van der Waals surface area contributed by atoms with Crippen molar-refractivity contribution >= 4 is 23.4 Å². The summed E-state index contributed by atoms with van der Waals surface area (Å²) in [5, 5.41) is 0.301. The maximum atomic E-state index is 12.1. The minimum absolute atomic E-state index is 0.0562. The van der Waals surface area contributed by atoms with Crippen molar-refractivity contribution in [2.45, 2.75) is 25.8 Å². The molecule has 1 aromatic rings. The Labute approximate surface area is 109 Å². The van der Waals surface area contributed by atoms with Gasteiger partial charge in [0.1, 0.15) is 5.15 Å². The first-order valence-corrected chi connectivity index (χ1v) is 6.36. The lowest BCUT2D eigenvalue weighted by Gasteiger charge is -2.14. The highest BCUT2D eigenvalue weighted by Gasteiger charge is 2.49. The van der Waals surface area contributed by atoms with Crippen molar-refractivity contribution in [1.82, 2.24) is 14.9 Å². The van der Waals surface area contributed by atoms with Crippen LogP contribution in [0.5, 0.6) is 0 Å². The Hall–Kier alpha value is -1.49. The van der Waals surface area contributed by atoms with Gasteiger partial charge in [-0.3, -0.25) is 19.5 Å². The van der Waals surface area contributed by atoms with Gasteiger partial charge in [0.2, 0.25) is 11.8 Å². The van der Waals surface area contributed by atoms with Crippen molar-refractivity contribution in [2.75, 3.05) is 0 Å². The van der Waals surface area contributed by atoms with Crippen molar-refractivity contribution in [3.63, 3.8) is 0 Å². The van der Waals surface area contributed by atoms with Crippen molar-refractivity contribution in [1.29, 1.82) is 0 Å². The molecule has 0 radical (unpaired) electrons. The van der Waals surface area contributed by atoms with E-state index in [-0.39, 0.29) is 30.2 Å². The molecule has 5 nitrogen and oxygen atoms in total. The number of hydrogen-bond acceptors (Lipinski definition) is 4. The first-order chi connectivity index (χ1) is 8.66. The predicted molar refractivity (Wildman–Crippen MR) is 63.4 cm³/mol. The maximum Gasteiger partial charge on any atom is 0.233 e. The lowest BCUT2D eigenvalue weighted by Crippen LogP contribution is -2.31. The summed E-state index contributed by atoms with van der Waals surface area (Å²) in [7, 11) is 0. The smallest absolute Gasteiger partial charge is 0.233 e. The predicted octanol–water partition coefficient (Wildman–Crippen LogP) is 1.42. The SMILES string of the molecule is O=C1C2CCCC2C(=O)N1Cc1cnc(Cl)cn1. The second-order valence-electron chi connectivity index (χ2n) is 4.74. The molecule has 2 atom stereocenters. The lowest BCUT2D eigenvalue weighted by atomic mass is 10.00. The van der Waals surface area contributed by atoms with Gasteiger partial charge < -0.3 is 0 Å². The highest BCUT2D eigenvalue weighted by Crippen LogP contribution is 2.40. The van der Waals surface area contributed by atoms with Gasteiger partial charge in [0.25, 0.3) is 0 Å². The summed E-state index contributed by atoms with van der Waals surface area (Å²) in [6.45, 7) is 0.203. The summed E-state index contributed by atoms with van der Waals surface area (Å²) in [6, 6.07) is 0. The lowest BCUT2D eigenvalue weighted by molar-refractivity contribution is -0.141. The van der Waals surface area contributed by atoms with Crippen LogP contribution in [0.1, 0.15) is 25.0 Å². The molecule has 94 valence electrons. The Morgan fingerprint density at radius 3 is 2.39 bits per heavy atom. The van der Waals surface area contributed by atoms with Crippen LogP contribution in [-0.4, -0.2) is 26.7 Å². The monoisotopic (exact) mass is 265 g/mol. The molecule has 1 aromatic heterocycles. The number of amides is 2. The van der Waals surface area contributed by atoms with Crippen LogP contribution >= 0.6 is 11.6 Å². The third-order valence-electron chi connectivity index (χ3n) is 3.68. The average Bonchev–Trinajstić information content (AvgIpc) is 2.92. The maximum absolute atomic E-state index is 12.1. The number of fused-ring (bicyclic) bond motifs is 1. The Bertz CT molecular complexity index is 481. The molecule has 2 aliphatic rings. The quantitative estimate of drug-likeness (QED) is 0.759. The zero-order valence-electron chi connectivity index (χ0n) is 9.67. The Balaban J connectivity index is 1.79. The zero-order chi connectivity index (χ0) is 12.7. The van der Waals surface area contributed by atoms with Gasteiger partial charge >= 0.3 is 0 Å². The molecule has 1 saturated carbocycles. The first-order valence-electron chi connectivity index (χ1n) is 5.98. The van der Waals surface area contributed by atoms with E-state index < -0.39 is 0 Å². The zero-order valence-corrected chi connectivity index (χ0v) is 10.4. The number of aromatic nitrogens is 2. The molecule has 2 unspecified atom stereocenters. The molecular weight excluding hydrogens is 254 g/mol. The van der Waals surface area contributed by atoms with Gasteiger partial charge in [-0.2, -0.15) is 0 Å². The minimum atomic E-state index is -0.0993. The summed E-state index contributed by atoms with van der Waals surface area (Å²) in [4.78, 5) is 33.5. The Morgan fingerprint density at radius 1 is 1.17 bits per heavy atom. The van der Waals surface area contributed by atoms with Gasteiger partial charge in [-0.15, -0.1) is 0 Å². The summed E-state index contributed by atoms with van der Waals surface area (Å²) >= 11 is 5.64. The van der Waals surface area contributed by atoms with E-state index >= 15 is 0 Å². The van der Waals surface area contributed by atoms with E-state index in [9.17, 15) is 9.59 Å². The molecule has 1 saturated heterocycles. The molecule has 2 fully saturated rings. The molecule has 0 N–H and O–H groups in total. The van der Waals surface area contributed by atoms with E-state index in [4.69, 9.17) is 11.6 Å². The van der Waals surface area contributed by atoms with E-state index in [2.05, 4.69) is 9.97 Å². The molecule has 0 spiro atoms. The number of nitrogens with zero attached hydrogens (tertiary/aromatic N) is 3. The number of carbonyl (C=O) groups excluding carboxylic acids is 2. The first kappa shape index (κ1) is 11.6. The van der Waals surface area contributed by atoms with Crippen LogP contribution in [0, 0.1) is 11.8 Å². The second kappa shape index (κ2) is 4.31. The molecule has 0 aromatic carbocycles. The van der Waals surface area contributed by atoms with Crippen LogP contribution in [0.15, 0.2) is 12.4 Å². The van der Waals surface area contributed by atoms with Crippen molar-refractivity contribution in [2.24, 2.45) is 11.8 Å². The van der Waals surface area contributed by atoms with E-state index in [1.54, 1.807) is 0 Å². The molecule has 2 amide bonds. The number of halogens is 1. The fourth-order valence-corrected chi connectivity index (χ4v) is 2.90. The molecule has 6 heteroatoms. The second-order valence-corrected chi connectivity index (χ2v) is 5.12. The normalized spacial score (nSPS) is 26.8. The number of likely N-dealkylation sites (tertiary alicyclic amines) is 1. The van der Waals surface area contributed by atoms with Gasteiger partial charge in [-0.25, -0.2) is 4.98 Å². The fourth-order valence-electron chi connectivity index (χ4n) is 2.80. The molecule has 3 rings (SSSR count). The summed E-state index contributed by atoms with van der Waals surface area (Å²) in [5.41, 5.74) is 0.584. The van der Waals surface area contributed by atoms with E-state index in [1.165, 1.54) is 17.3 Å². The van der Waals surface area contributed by atoms with Gasteiger partial charge in [0.05, 0.1) is 36.5 Å². The Morgan fingerprint density at radius 2 is 1.83 bits per heavy atom. The van der Waals surface area contributed by atoms with Crippen LogP contribution in [0.25, 0.3) is 0 Å². The van der Waals surface area contributed by atoms with E-state index in [0.29, 0.717) is 10.8 Å². The number of rotatable bonds is 2. The third-order valence-corrected chi connectivity index (χ3v) is 3.87. The number of carbonyl (C=O) groups is 2. The van der Waals surface area contributed by atoms with Crippen molar-refractivity contribution < 1.29 is 9.59 Å². The summed E-state index contributed by atoms with van der Waals surface area (Å²) in [6.07, 6.45) is 5.55. The van der Waals surface area contributed by atoms with Crippen LogP contribution in [0.2, 0.25) is 5.15 Å². The highest BCUT2D eigenvalue weighted by molar-refractivity contribution is 6.29. The summed E-state index contributed by atoms with van der Waals surface area (Å²) < 4.78 is 0. The number of imide groups is 1. The van der Waals surface area contributed by atoms with Crippen molar-refractivity contribution in [3.05, 3.63) is 23.2 Å². The van der Waals surface area contributed by atoms with Crippen LogP contribution in [-0.2, 0) is 16.1 Å². The molecular formula is C12H12ClN3O2. The minimum Gasteiger partial charge on any atom is -0.276 e. The Kier molecular flexibility index (Phi) is 2.78. The standard InChI is InChI=1S/C12H12ClN3O2/c13-10-5-14-7(4-15-10)6-16-11(17)8-2-1-3-9(8)12(16)18/h4-5,8-9H,1-3,6H2. The largest absolute Gasteiger partial charge is 0.276 e. The van der Waals surface area contributed by atoms with Gasteiger partial charge in [-0.05, 0) is 12.8 Å². The van der Waals surface area contributed by atoms with Crippen LogP contribution in [0.3, 0.4) is 0 Å². The molecule has 1 aliphatic heterocycles. The topological polar surface area (TPSA) is 63.2 Å². The third kappa shape index (κ3) is 1.79. The fraction of sp³-hybridized carbons (Fsp3) is 0.500. The van der Waals surface area contributed by atoms with Gasteiger partial charge in [0, 0.05) is 0 Å². The average molecular weight is 266 g/mol. The highest BCUT2D eigenvalue weighted by atomic mass is 35.5. The van der Waals surface area contributed by atoms with Gasteiger partial charge in [0.15, 0.2) is 0 Å². The van der Waals surface area contributed by atoms with Crippen LogP contribution < -0.4 is 0 Å². The number of hydrogen-bond donors (Lipinski definition) is 0.